The molecule has 4 aliphatic rings. The maximum Gasteiger partial charge on any atom is 0.166 e. The predicted molar refractivity (Wildman–Crippen MR) is 129 cm³/mol. The Morgan fingerprint density at radius 2 is 1.91 bits per heavy atom. The van der Waals surface area contributed by atoms with Gasteiger partial charge in [0.15, 0.2) is 11.5 Å². The van der Waals surface area contributed by atoms with E-state index in [2.05, 4.69) is 58.3 Å². The molecule has 33 heavy (non-hydrogen) atoms. The summed E-state index contributed by atoms with van der Waals surface area (Å²) < 4.78 is 12.1. The fourth-order valence-corrected chi connectivity index (χ4v) is 6.55. The van der Waals surface area contributed by atoms with Crippen LogP contribution in [-0.2, 0) is 18.5 Å². The monoisotopic (exact) mass is 446 g/mol. The summed E-state index contributed by atoms with van der Waals surface area (Å²) in [6, 6.07) is 15.7. The van der Waals surface area contributed by atoms with Gasteiger partial charge in [-0.3, -0.25) is 9.80 Å². The van der Waals surface area contributed by atoms with Crippen LogP contribution in [0.2, 0.25) is 0 Å². The van der Waals surface area contributed by atoms with E-state index in [1.807, 2.05) is 6.08 Å². The quantitative estimate of drug-likeness (QED) is 0.722. The lowest BCUT2D eigenvalue weighted by molar-refractivity contribution is 0.0684. The van der Waals surface area contributed by atoms with Gasteiger partial charge >= 0.3 is 0 Å². The van der Waals surface area contributed by atoms with Crippen molar-refractivity contribution in [3.8, 4) is 11.5 Å². The molecule has 5 nitrogen and oxygen atoms in total. The molecular formula is C28H34N2O3. The minimum Gasteiger partial charge on any atom is -0.493 e. The Kier molecular flexibility index (Phi) is 5.44. The maximum absolute atomic E-state index is 10.3. The molecule has 1 saturated heterocycles. The number of likely N-dealkylation sites (tertiary alicyclic amines) is 1. The first-order chi connectivity index (χ1) is 16.2. The lowest BCUT2D eigenvalue weighted by Crippen LogP contribution is -2.46. The molecule has 6 rings (SSSR count). The Morgan fingerprint density at radius 1 is 1.09 bits per heavy atom. The Hall–Kier alpha value is -2.34. The second-order valence-electron chi connectivity index (χ2n) is 10.2. The molecule has 1 fully saturated rings. The number of hydrogen-bond acceptors (Lipinski definition) is 5. The van der Waals surface area contributed by atoms with E-state index >= 15 is 0 Å². The van der Waals surface area contributed by atoms with Crippen molar-refractivity contribution in [1.82, 2.24) is 9.80 Å². The van der Waals surface area contributed by atoms with Crippen LogP contribution >= 0.6 is 0 Å². The molecule has 3 atom stereocenters. The molecule has 1 aliphatic carbocycles. The highest BCUT2D eigenvalue weighted by Gasteiger charge is 2.53. The van der Waals surface area contributed by atoms with Crippen molar-refractivity contribution in [3.05, 3.63) is 71.3 Å². The van der Waals surface area contributed by atoms with Crippen LogP contribution < -0.4 is 9.47 Å². The summed E-state index contributed by atoms with van der Waals surface area (Å²) in [7, 11) is 1.72. The molecule has 2 aromatic carbocycles. The van der Waals surface area contributed by atoms with Crippen LogP contribution in [-0.4, -0.2) is 59.9 Å². The molecule has 2 unspecified atom stereocenters. The smallest absolute Gasteiger partial charge is 0.166 e. The molecular weight excluding hydrogens is 412 g/mol. The molecule has 0 saturated carbocycles. The van der Waals surface area contributed by atoms with Gasteiger partial charge in [-0.15, -0.1) is 0 Å². The molecule has 0 amide bonds. The first-order valence-corrected chi connectivity index (χ1v) is 12.4. The van der Waals surface area contributed by atoms with Crippen molar-refractivity contribution >= 4 is 0 Å². The molecule has 0 aromatic heterocycles. The summed E-state index contributed by atoms with van der Waals surface area (Å²) in [5.74, 6) is 1.71. The number of ether oxygens (including phenoxy) is 2. The van der Waals surface area contributed by atoms with E-state index in [-0.39, 0.29) is 11.5 Å². The molecule has 0 bridgehead atoms. The third-order valence-electron chi connectivity index (χ3n) is 8.31. The first-order valence-electron chi connectivity index (χ1n) is 12.4. The van der Waals surface area contributed by atoms with Crippen LogP contribution in [0.1, 0.15) is 42.4 Å². The highest BCUT2D eigenvalue weighted by molar-refractivity contribution is 5.61. The average molecular weight is 447 g/mol. The van der Waals surface area contributed by atoms with Gasteiger partial charge in [0.05, 0.1) is 18.6 Å². The van der Waals surface area contributed by atoms with Crippen molar-refractivity contribution < 1.29 is 14.6 Å². The zero-order chi connectivity index (χ0) is 22.4. The van der Waals surface area contributed by atoms with Crippen LogP contribution in [0.4, 0.5) is 0 Å². The number of benzene rings is 2. The normalized spacial score (nSPS) is 29.8. The van der Waals surface area contributed by atoms with Gasteiger partial charge in [-0.05, 0) is 49.5 Å². The summed E-state index contributed by atoms with van der Waals surface area (Å²) in [5, 5.41) is 10.3. The van der Waals surface area contributed by atoms with Crippen LogP contribution in [0.25, 0.3) is 0 Å². The van der Waals surface area contributed by atoms with E-state index in [0.717, 1.165) is 50.6 Å². The topological polar surface area (TPSA) is 45.2 Å². The summed E-state index contributed by atoms with van der Waals surface area (Å²) in [6.45, 7) is 5.37. The van der Waals surface area contributed by atoms with Crippen LogP contribution in [0.5, 0.6) is 11.5 Å². The maximum atomic E-state index is 10.3. The Labute approximate surface area is 196 Å². The lowest BCUT2D eigenvalue weighted by Gasteiger charge is -2.39. The molecule has 174 valence electrons. The van der Waals surface area contributed by atoms with E-state index in [4.69, 9.17) is 9.47 Å². The second kappa shape index (κ2) is 8.46. The minimum absolute atomic E-state index is 0.0183. The summed E-state index contributed by atoms with van der Waals surface area (Å²) >= 11 is 0. The van der Waals surface area contributed by atoms with Gasteiger partial charge < -0.3 is 14.6 Å². The molecule has 3 aliphatic heterocycles. The standard InChI is InChI=1S/C28H34N2O3/c1-32-24-8-7-21-19-30(22-10-14-29(15-11-22)18-20-5-3-2-4-6-20)16-13-28-12-9-23(31)17-25(28)33-27(24)26(21)28/h2-9,12,22-23,25,31H,10-11,13-19H2,1H3/t23-,25?,28?/m0/s1. The number of methoxy groups -OCH3 is 1. The van der Waals surface area contributed by atoms with Gasteiger partial charge in [0.2, 0.25) is 0 Å². The average Bonchev–Trinajstić information content (AvgIpc) is 3.07. The summed E-state index contributed by atoms with van der Waals surface area (Å²) in [6.07, 6.45) is 7.87. The van der Waals surface area contributed by atoms with E-state index in [1.54, 1.807) is 7.11 Å². The van der Waals surface area contributed by atoms with Crippen LogP contribution in [0.3, 0.4) is 0 Å². The van der Waals surface area contributed by atoms with Crippen molar-refractivity contribution in [2.45, 2.75) is 62.4 Å². The fraction of sp³-hybridized carbons (Fsp3) is 0.500. The number of nitrogens with zero attached hydrogens (tertiary/aromatic N) is 2. The highest BCUT2D eigenvalue weighted by Crippen LogP contribution is 2.56. The number of rotatable bonds is 4. The Bertz CT molecular complexity index is 1030. The van der Waals surface area contributed by atoms with E-state index in [9.17, 15) is 5.11 Å². The molecule has 5 heteroatoms. The summed E-state index contributed by atoms with van der Waals surface area (Å²) in [5.41, 5.74) is 3.92. The number of piperidine rings is 1. The van der Waals surface area contributed by atoms with Crippen LogP contribution in [0, 0.1) is 0 Å². The van der Waals surface area contributed by atoms with Crippen molar-refractivity contribution in [3.63, 3.8) is 0 Å². The SMILES string of the molecule is COc1ccc2c3c1OC1C[C@@H](O)C=CC31CCN(C1CCN(Cc3ccccc3)CC1)C2. The Balaban J connectivity index is 1.23. The fourth-order valence-electron chi connectivity index (χ4n) is 6.55. The molecule has 1 spiro atoms. The molecule has 1 N–H and O–H groups in total. The van der Waals surface area contributed by atoms with E-state index in [1.165, 1.54) is 29.5 Å². The minimum atomic E-state index is -0.433. The molecule has 3 heterocycles. The van der Waals surface area contributed by atoms with Crippen molar-refractivity contribution in [1.29, 1.82) is 0 Å². The number of aliphatic hydroxyl groups is 1. The van der Waals surface area contributed by atoms with Gasteiger partial charge in [-0.1, -0.05) is 48.6 Å². The van der Waals surface area contributed by atoms with Gasteiger partial charge in [-0.2, -0.15) is 0 Å². The lowest BCUT2D eigenvalue weighted by atomic mass is 9.69. The zero-order valence-electron chi connectivity index (χ0n) is 19.5. The van der Waals surface area contributed by atoms with Gasteiger partial charge in [-0.25, -0.2) is 0 Å². The number of hydrogen-bond donors (Lipinski definition) is 1. The third kappa shape index (κ3) is 3.67. The zero-order valence-corrected chi connectivity index (χ0v) is 19.5. The van der Waals surface area contributed by atoms with Gasteiger partial charge in [0.1, 0.15) is 6.10 Å². The molecule has 0 radical (unpaired) electrons. The number of aliphatic hydroxyl groups excluding tert-OH is 1. The van der Waals surface area contributed by atoms with Crippen LogP contribution in [0.15, 0.2) is 54.6 Å². The predicted octanol–water partition coefficient (Wildman–Crippen LogP) is 3.89. The van der Waals surface area contributed by atoms with Crippen molar-refractivity contribution in [2.24, 2.45) is 0 Å². The highest BCUT2D eigenvalue weighted by atomic mass is 16.5. The summed E-state index contributed by atoms with van der Waals surface area (Å²) in [4.78, 5) is 5.31. The van der Waals surface area contributed by atoms with Gasteiger partial charge in [0, 0.05) is 37.7 Å². The van der Waals surface area contributed by atoms with Crippen molar-refractivity contribution in [2.75, 3.05) is 26.7 Å². The third-order valence-corrected chi connectivity index (χ3v) is 8.31. The Morgan fingerprint density at radius 3 is 2.70 bits per heavy atom. The van der Waals surface area contributed by atoms with E-state index < -0.39 is 6.10 Å². The first kappa shape index (κ1) is 21.2. The second-order valence-corrected chi connectivity index (χ2v) is 10.2. The van der Waals surface area contributed by atoms with E-state index in [0.29, 0.717) is 12.5 Å². The molecule has 2 aromatic rings. The van der Waals surface area contributed by atoms with Gasteiger partial charge in [0.25, 0.3) is 0 Å². The largest absolute Gasteiger partial charge is 0.493 e.